The van der Waals surface area contributed by atoms with Crippen molar-refractivity contribution in [3.63, 3.8) is 0 Å². The minimum Gasteiger partial charge on any atom is -0.381 e. The third-order valence-corrected chi connectivity index (χ3v) is 9.18. The maximum absolute atomic E-state index is 13.9. The molecule has 0 aliphatic carbocycles. The van der Waals surface area contributed by atoms with E-state index < -0.39 is 20.1 Å². The standard InChI is InChI=1S/C27H26N2O6S2/c1-20-9-11-24(12-10-20)37(32,33)35-26(18-21-13-16-34-17-14-21)25-19-22-6-5-15-28-27(22)29(25)36(30,31)23-7-3-2-4-8-23/h2-12,15,18-19,21H,13-14,16-17H2,1H3. The number of ether oxygens (including phenoxy) is 1. The number of pyridine rings is 1. The van der Waals surface area contributed by atoms with Gasteiger partial charge in [-0.2, -0.15) is 8.42 Å². The number of hydrogen-bond donors (Lipinski definition) is 0. The molecule has 0 amide bonds. The summed E-state index contributed by atoms with van der Waals surface area (Å²) in [5.41, 5.74) is 1.16. The van der Waals surface area contributed by atoms with Crippen molar-refractivity contribution >= 4 is 36.9 Å². The zero-order valence-electron chi connectivity index (χ0n) is 20.1. The largest absolute Gasteiger partial charge is 0.381 e. The lowest BCUT2D eigenvalue weighted by Gasteiger charge is -2.21. The number of aromatic nitrogens is 2. The van der Waals surface area contributed by atoms with Gasteiger partial charge in [0.15, 0.2) is 11.4 Å². The van der Waals surface area contributed by atoms with E-state index in [1.165, 1.54) is 30.5 Å². The van der Waals surface area contributed by atoms with Crippen molar-refractivity contribution in [2.24, 2.45) is 5.92 Å². The van der Waals surface area contributed by atoms with Gasteiger partial charge < -0.3 is 8.92 Å². The fourth-order valence-electron chi connectivity index (χ4n) is 4.25. The van der Waals surface area contributed by atoms with Gasteiger partial charge in [-0.15, -0.1) is 0 Å². The van der Waals surface area contributed by atoms with E-state index in [9.17, 15) is 16.8 Å². The molecule has 1 saturated heterocycles. The number of fused-ring (bicyclic) bond motifs is 1. The van der Waals surface area contributed by atoms with E-state index in [-0.39, 0.29) is 32.8 Å². The lowest BCUT2D eigenvalue weighted by molar-refractivity contribution is 0.0784. The lowest BCUT2D eigenvalue weighted by Crippen LogP contribution is -2.19. The van der Waals surface area contributed by atoms with E-state index in [4.69, 9.17) is 8.92 Å². The first-order valence-corrected chi connectivity index (χ1v) is 14.7. The molecule has 0 saturated carbocycles. The van der Waals surface area contributed by atoms with Gasteiger partial charge in [0, 0.05) is 24.8 Å². The van der Waals surface area contributed by atoms with Crippen molar-refractivity contribution in [2.75, 3.05) is 13.2 Å². The SMILES string of the molecule is Cc1ccc(S(=O)(=O)OC(=CC2CCOCC2)c2cc3cccnc3n2S(=O)(=O)c2ccccc2)cc1. The molecule has 192 valence electrons. The van der Waals surface area contributed by atoms with Gasteiger partial charge in [-0.1, -0.05) is 35.9 Å². The van der Waals surface area contributed by atoms with Crippen LogP contribution in [-0.4, -0.2) is 39.0 Å². The van der Waals surface area contributed by atoms with Crippen LogP contribution in [-0.2, 0) is 29.1 Å². The van der Waals surface area contributed by atoms with E-state index >= 15 is 0 Å². The Balaban J connectivity index is 1.71. The molecule has 0 atom stereocenters. The van der Waals surface area contributed by atoms with Crippen LogP contribution in [0.1, 0.15) is 24.1 Å². The van der Waals surface area contributed by atoms with Gasteiger partial charge in [0.05, 0.1) is 4.90 Å². The number of hydrogen-bond acceptors (Lipinski definition) is 7. The van der Waals surface area contributed by atoms with Crippen molar-refractivity contribution < 1.29 is 25.8 Å². The summed E-state index contributed by atoms with van der Waals surface area (Å²) in [6.45, 7) is 2.89. The Morgan fingerprint density at radius 2 is 1.65 bits per heavy atom. The molecule has 0 N–H and O–H groups in total. The topological polar surface area (TPSA) is 105 Å². The smallest absolute Gasteiger partial charge is 0.339 e. The quantitative estimate of drug-likeness (QED) is 0.247. The maximum Gasteiger partial charge on any atom is 0.339 e. The van der Waals surface area contributed by atoms with Crippen molar-refractivity contribution in [3.8, 4) is 0 Å². The van der Waals surface area contributed by atoms with Crippen LogP contribution in [0.5, 0.6) is 0 Å². The minimum atomic E-state index is -4.27. The van der Waals surface area contributed by atoms with Gasteiger partial charge in [-0.25, -0.2) is 17.4 Å². The monoisotopic (exact) mass is 538 g/mol. The van der Waals surface area contributed by atoms with E-state index in [0.29, 0.717) is 31.4 Å². The van der Waals surface area contributed by atoms with Crippen molar-refractivity contribution in [1.29, 1.82) is 0 Å². The Kier molecular flexibility index (Phi) is 6.89. The number of aryl methyl sites for hydroxylation is 1. The van der Waals surface area contributed by atoms with Crippen LogP contribution in [0.15, 0.2) is 94.9 Å². The van der Waals surface area contributed by atoms with E-state index in [1.807, 2.05) is 6.92 Å². The highest BCUT2D eigenvalue weighted by atomic mass is 32.2. The van der Waals surface area contributed by atoms with Crippen LogP contribution in [0.25, 0.3) is 16.8 Å². The molecule has 37 heavy (non-hydrogen) atoms. The van der Waals surface area contributed by atoms with Gasteiger partial charge in [0.25, 0.3) is 10.0 Å². The predicted octanol–water partition coefficient (Wildman–Crippen LogP) is 4.75. The van der Waals surface area contributed by atoms with Gasteiger partial charge >= 0.3 is 10.1 Å². The molecular weight excluding hydrogens is 512 g/mol. The average molecular weight is 539 g/mol. The minimum absolute atomic E-state index is 0.0253. The summed E-state index contributed by atoms with van der Waals surface area (Å²) in [7, 11) is -8.42. The van der Waals surface area contributed by atoms with Crippen molar-refractivity contribution in [2.45, 2.75) is 29.6 Å². The molecule has 8 nitrogen and oxygen atoms in total. The molecule has 1 fully saturated rings. The molecule has 0 spiro atoms. The first-order chi connectivity index (χ1) is 17.8. The molecule has 3 heterocycles. The molecule has 10 heteroatoms. The van der Waals surface area contributed by atoms with Crippen LogP contribution in [0.3, 0.4) is 0 Å². The summed E-state index contributed by atoms with van der Waals surface area (Å²) in [5.74, 6) is -0.124. The lowest BCUT2D eigenvalue weighted by atomic mass is 9.99. The Hall–Kier alpha value is -3.47. The summed E-state index contributed by atoms with van der Waals surface area (Å²) in [4.78, 5) is 4.34. The highest BCUT2D eigenvalue weighted by molar-refractivity contribution is 7.90. The van der Waals surface area contributed by atoms with Crippen LogP contribution in [0.2, 0.25) is 0 Å². The fraction of sp³-hybridized carbons (Fsp3) is 0.222. The second kappa shape index (κ2) is 10.1. The van der Waals surface area contributed by atoms with Crippen molar-refractivity contribution in [3.05, 3.63) is 96.3 Å². The molecule has 0 radical (unpaired) electrons. The van der Waals surface area contributed by atoms with Crippen LogP contribution >= 0.6 is 0 Å². The number of rotatable bonds is 7. The highest BCUT2D eigenvalue weighted by Crippen LogP contribution is 2.33. The molecule has 0 unspecified atom stereocenters. The summed E-state index contributed by atoms with van der Waals surface area (Å²) in [5, 5.41) is 0.534. The Morgan fingerprint density at radius 1 is 0.946 bits per heavy atom. The molecule has 1 aliphatic rings. The number of nitrogens with zero attached hydrogens (tertiary/aromatic N) is 2. The van der Waals surface area contributed by atoms with Gasteiger partial charge in [0.2, 0.25) is 0 Å². The number of allylic oxidation sites excluding steroid dienone is 1. The van der Waals surface area contributed by atoms with Gasteiger partial charge in [0.1, 0.15) is 10.6 Å². The first-order valence-electron chi connectivity index (χ1n) is 11.8. The van der Waals surface area contributed by atoms with Gasteiger partial charge in [-0.05, 0) is 74.2 Å². The Labute approximate surface area is 216 Å². The van der Waals surface area contributed by atoms with Gasteiger partial charge in [-0.3, -0.25) is 0 Å². The summed E-state index contributed by atoms with van der Waals surface area (Å²) < 4.78 is 66.7. The molecule has 0 bridgehead atoms. The zero-order chi connectivity index (χ0) is 26.0. The third-order valence-electron chi connectivity index (χ3n) is 6.22. The molecule has 1 aliphatic heterocycles. The fourth-order valence-corrected chi connectivity index (χ4v) is 6.68. The number of benzene rings is 2. The summed E-state index contributed by atoms with van der Waals surface area (Å²) >= 11 is 0. The summed E-state index contributed by atoms with van der Waals surface area (Å²) in [6, 6.07) is 19.3. The molecule has 2 aromatic heterocycles. The first kappa shape index (κ1) is 25.2. The maximum atomic E-state index is 13.9. The molecular formula is C27H26N2O6S2. The second-order valence-electron chi connectivity index (χ2n) is 8.86. The van der Waals surface area contributed by atoms with Crippen molar-refractivity contribution in [1.82, 2.24) is 8.96 Å². The molecule has 4 aromatic rings. The van der Waals surface area contributed by atoms with Crippen LogP contribution < -0.4 is 0 Å². The third kappa shape index (κ3) is 5.18. The molecule has 5 rings (SSSR count). The molecule has 2 aromatic carbocycles. The van der Waals surface area contributed by atoms with E-state index in [0.717, 1.165) is 9.54 Å². The summed E-state index contributed by atoms with van der Waals surface area (Å²) in [6.07, 6.45) is 4.50. The normalized spacial score (nSPS) is 15.6. The average Bonchev–Trinajstić information content (AvgIpc) is 3.30. The van der Waals surface area contributed by atoms with Crippen LogP contribution in [0, 0.1) is 12.8 Å². The zero-order valence-corrected chi connectivity index (χ0v) is 21.8. The second-order valence-corrected chi connectivity index (χ2v) is 12.2. The Morgan fingerprint density at radius 3 is 2.35 bits per heavy atom. The van der Waals surface area contributed by atoms with E-state index in [2.05, 4.69) is 4.98 Å². The van der Waals surface area contributed by atoms with Crippen LogP contribution in [0.4, 0.5) is 0 Å². The highest BCUT2D eigenvalue weighted by Gasteiger charge is 2.30. The predicted molar refractivity (Wildman–Crippen MR) is 140 cm³/mol. The van der Waals surface area contributed by atoms with E-state index in [1.54, 1.807) is 54.6 Å². The Bertz CT molecular complexity index is 1650.